The highest BCUT2D eigenvalue weighted by Gasteiger charge is 2.61. The molecule has 0 spiro atoms. The minimum atomic E-state index is -5.65. The first-order chi connectivity index (χ1) is 6.29. The standard InChI is InChI=1S/C5H4F5N3S/c6-4(7,5(8,9)10)3-13-12-2(1-11)14-3/h1,11H2. The van der Waals surface area contributed by atoms with E-state index in [9.17, 15) is 22.0 Å². The van der Waals surface area contributed by atoms with Crippen LogP contribution in [0.25, 0.3) is 0 Å². The van der Waals surface area contributed by atoms with Gasteiger partial charge >= 0.3 is 12.1 Å². The van der Waals surface area contributed by atoms with Crippen molar-refractivity contribution in [2.24, 2.45) is 5.73 Å². The van der Waals surface area contributed by atoms with Crippen molar-refractivity contribution in [3.05, 3.63) is 10.0 Å². The van der Waals surface area contributed by atoms with Gasteiger partial charge in [-0.3, -0.25) is 0 Å². The molecule has 0 aliphatic carbocycles. The van der Waals surface area contributed by atoms with Crippen molar-refractivity contribution in [3.63, 3.8) is 0 Å². The minimum absolute atomic E-state index is 0.0658. The molecular weight excluding hydrogens is 229 g/mol. The van der Waals surface area contributed by atoms with Gasteiger partial charge in [0, 0.05) is 6.54 Å². The monoisotopic (exact) mass is 233 g/mol. The van der Waals surface area contributed by atoms with E-state index in [0.29, 0.717) is 0 Å². The molecule has 0 saturated carbocycles. The van der Waals surface area contributed by atoms with E-state index in [4.69, 9.17) is 5.73 Å². The van der Waals surface area contributed by atoms with Crippen molar-refractivity contribution < 1.29 is 22.0 Å². The second-order valence-electron chi connectivity index (χ2n) is 2.28. The quantitative estimate of drug-likeness (QED) is 0.790. The Kier molecular flexibility index (Phi) is 2.72. The predicted octanol–water partition coefficient (Wildman–Crippen LogP) is 1.65. The lowest BCUT2D eigenvalue weighted by Crippen LogP contribution is -2.33. The van der Waals surface area contributed by atoms with E-state index in [2.05, 4.69) is 10.2 Å². The lowest BCUT2D eigenvalue weighted by atomic mass is 10.3. The zero-order valence-corrected chi connectivity index (χ0v) is 7.29. The molecule has 3 nitrogen and oxygen atoms in total. The van der Waals surface area contributed by atoms with Crippen LogP contribution >= 0.6 is 11.3 Å². The van der Waals surface area contributed by atoms with E-state index in [1.807, 2.05) is 0 Å². The van der Waals surface area contributed by atoms with Gasteiger partial charge in [-0.05, 0) is 0 Å². The van der Waals surface area contributed by atoms with Crippen LogP contribution in [0.15, 0.2) is 0 Å². The topological polar surface area (TPSA) is 51.8 Å². The zero-order valence-electron chi connectivity index (χ0n) is 6.48. The molecular formula is C5H4F5N3S. The highest BCUT2D eigenvalue weighted by atomic mass is 32.1. The third-order valence-electron chi connectivity index (χ3n) is 1.27. The highest BCUT2D eigenvalue weighted by Crippen LogP contribution is 2.44. The van der Waals surface area contributed by atoms with Gasteiger partial charge in [0.05, 0.1) is 0 Å². The molecule has 0 saturated heterocycles. The highest BCUT2D eigenvalue weighted by molar-refractivity contribution is 7.11. The van der Waals surface area contributed by atoms with Gasteiger partial charge in [0.1, 0.15) is 5.01 Å². The summed E-state index contributed by atoms with van der Waals surface area (Å²) in [4.78, 5) is 0. The first-order valence-corrected chi connectivity index (χ1v) is 4.08. The number of halogens is 5. The average molecular weight is 233 g/mol. The van der Waals surface area contributed by atoms with E-state index in [0.717, 1.165) is 0 Å². The first kappa shape index (κ1) is 11.2. The molecule has 80 valence electrons. The Morgan fingerprint density at radius 2 is 1.71 bits per heavy atom. The van der Waals surface area contributed by atoms with E-state index in [1.54, 1.807) is 0 Å². The van der Waals surface area contributed by atoms with Crippen LogP contribution < -0.4 is 5.73 Å². The summed E-state index contributed by atoms with van der Waals surface area (Å²) in [5.41, 5.74) is 5.00. The van der Waals surface area contributed by atoms with Gasteiger partial charge in [0.25, 0.3) is 0 Å². The lowest BCUT2D eigenvalue weighted by molar-refractivity contribution is -0.289. The third-order valence-corrected chi connectivity index (χ3v) is 2.28. The summed E-state index contributed by atoms with van der Waals surface area (Å²) in [6.07, 6.45) is -5.65. The van der Waals surface area contributed by atoms with Crippen molar-refractivity contribution >= 4 is 11.3 Å². The summed E-state index contributed by atoms with van der Waals surface area (Å²) in [6.45, 7) is -0.217. The Morgan fingerprint density at radius 1 is 1.14 bits per heavy atom. The van der Waals surface area contributed by atoms with Crippen LogP contribution in [-0.4, -0.2) is 16.4 Å². The Morgan fingerprint density at radius 3 is 2.07 bits per heavy atom. The maximum Gasteiger partial charge on any atom is 0.460 e. The van der Waals surface area contributed by atoms with Crippen LogP contribution in [0.5, 0.6) is 0 Å². The molecule has 1 aromatic heterocycles. The van der Waals surface area contributed by atoms with Crippen LogP contribution in [0.1, 0.15) is 10.0 Å². The number of rotatable bonds is 2. The Labute approximate surface area is 78.7 Å². The van der Waals surface area contributed by atoms with Crippen molar-refractivity contribution in [3.8, 4) is 0 Å². The molecule has 2 N–H and O–H groups in total. The molecule has 0 bridgehead atoms. The van der Waals surface area contributed by atoms with Gasteiger partial charge in [0.15, 0.2) is 5.01 Å². The Balaban J connectivity index is 3.04. The molecule has 0 aliphatic rings. The van der Waals surface area contributed by atoms with Gasteiger partial charge in [-0.15, -0.1) is 10.2 Å². The van der Waals surface area contributed by atoms with Crippen molar-refractivity contribution in [2.45, 2.75) is 18.6 Å². The number of hydrogen-bond acceptors (Lipinski definition) is 4. The zero-order chi connectivity index (χ0) is 11.0. The van der Waals surface area contributed by atoms with Crippen molar-refractivity contribution in [2.75, 3.05) is 0 Å². The molecule has 0 unspecified atom stereocenters. The van der Waals surface area contributed by atoms with E-state index < -0.39 is 17.1 Å². The normalized spacial score (nSPS) is 13.3. The summed E-state index contributed by atoms with van der Waals surface area (Å²) in [6, 6.07) is 0. The number of nitrogens with two attached hydrogens (primary N) is 1. The van der Waals surface area contributed by atoms with E-state index >= 15 is 0 Å². The molecule has 0 amide bonds. The summed E-state index contributed by atoms with van der Waals surface area (Å²) in [5.74, 6) is -4.96. The molecule has 0 radical (unpaired) electrons. The fourth-order valence-corrected chi connectivity index (χ4v) is 1.30. The van der Waals surface area contributed by atoms with E-state index in [-0.39, 0.29) is 22.9 Å². The average Bonchev–Trinajstić information content (AvgIpc) is 2.49. The molecule has 0 fully saturated rings. The lowest BCUT2D eigenvalue weighted by Gasteiger charge is -2.15. The van der Waals surface area contributed by atoms with E-state index in [1.165, 1.54) is 0 Å². The number of hydrogen-bond donors (Lipinski definition) is 1. The largest absolute Gasteiger partial charge is 0.460 e. The van der Waals surface area contributed by atoms with Crippen LogP contribution in [0.4, 0.5) is 22.0 Å². The fourth-order valence-electron chi connectivity index (χ4n) is 0.584. The molecule has 1 heterocycles. The second-order valence-corrected chi connectivity index (χ2v) is 3.34. The number of alkyl halides is 5. The van der Waals surface area contributed by atoms with Crippen LogP contribution in [-0.2, 0) is 12.5 Å². The maximum absolute atomic E-state index is 12.6. The Bertz CT molecular complexity index is 319. The van der Waals surface area contributed by atoms with Crippen LogP contribution in [0.2, 0.25) is 0 Å². The van der Waals surface area contributed by atoms with Gasteiger partial charge in [-0.2, -0.15) is 22.0 Å². The first-order valence-electron chi connectivity index (χ1n) is 3.26. The van der Waals surface area contributed by atoms with Crippen LogP contribution in [0, 0.1) is 0 Å². The van der Waals surface area contributed by atoms with Crippen molar-refractivity contribution in [1.29, 1.82) is 0 Å². The van der Waals surface area contributed by atoms with Gasteiger partial charge in [-0.25, -0.2) is 0 Å². The Hall–Kier alpha value is -0.830. The summed E-state index contributed by atoms with van der Waals surface area (Å²) in [5, 5.41) is 4.37. The van der Waals surface area contributed by atoms with Crippen molar-refractivity contribution in [1.82, 2.24) is 10.2 Å². The molecule has 0 aliphatic heterocycles. The molecule has 9 heteroatoms. The number of nitrogens with zero attached hydrogens (tertiary/aromatic N) is 2. The maximum atomic E-state index is 12.6. The number of aromatic nitrogens is 2. The van der Waals surface area contributed by atoms with Gasteiger partial charge < -0.3 is 5.73 Å². The third kappa shape index (κ3) is 1.82. The SMILES string of the molecule is NCc1nnc(C(F)(F)C(F)(F)F)s1. The molecule has 0 aromatic carbocycles. The molecule has 1 rings (SSSR count). The second kappa shape index (κ2) is 3.39. The summed E-state index contributed by atoms with van der Waals surface area (Å²) < 4.78 is 60.5. The fraction of sp³-hybridized carbons (Fsp3) is 0.600. The molecule has 14 heavy (non-hydrogen) atoms. The predicted molar refractivity (Wildman–Crippen MR) is 37.7 cm³/mol. The smallest absolute Gasteiger partial charge is 0.324 e. The van der Waals surface area contributed by atoms with Gasteiger partial charge in [-0.1, -0.05) is 11.3 Å². The van der Waals surface area contributed by atoms with Crippen LogP contribution in [0.3, 0.4) is 0 Å². The summed E-state index contributed by atoms with van der Waals surface area (Å²) in [7, 11) is 0. The molecule has 0 atom stereocenters. The summed E-state index contributed by atoms with van der Waals surface area (Å²) >= 11 is 0.149. The molecule has 1 aromatic rings. The van der Waals surface area contributed by atoms with Gasteiger partial charge in [0.2, 0.25) is 0 Å². The minimum Gasteiger partial charge on any atom is -0.324 e.